The molecule has 0 aliphatic heterocycles. The Bertz CT molecular complexity index is 869. The van der Waals surface area contributed by atoms with E-state index < -0.39 is 16.0 Å². The second-order valence-corrected chi connectivity index (χ2v) is 7.66. The number of ketones is 1. The van der Waals surface area contributed by atoms with Crippen LogP contribution in [0.25, 0.3) is 0 Å². The number of hydrogen-bond acceptors (Lipinski definition) is 6. The number of carbonyl (C=O) groups is 2. The molecule has 0 amide bonds. The average Bonchev–Trinajstić information content (AvgIpc) is 2.84. The van der Waals surface area contributed by atoms with Gasteiger partial charge in [0, 0.05) is 0 Å². The molecule has 128 valence electrons. The van der Waals surface area contributed by atoms with Crippen LogP contribution in [0.3, 0.4) is 0 Å². The van der Waals surface area contributed by atoms with Crippen molar-refractivity contribution in [3.8, 4) is 0 Å². The van der Waals surface area contributed by atoms with Gasteiger partial charge in [0.25, 0.3) is 10.0 Å². The van der Waals surface area contributed by atoms with Crippen molar-refractivity contribution in [3.63, 3.8) is 0 Å². The normalized spacial score (nSPS) is 11.1. The van der Waals surface area contributed by atoms with Gasteiger partial charge < -0.3 is 4.74 Å². The molecule has 1 aromatic carbocycles. The minimum Gasteiger partial charge on any atom is -0.462 e. The van der Waals surface area contributed by atoms with Crippen LogP contribution >= 0.6 is 11.3 Å². The van der Waals surface area contributed by atoms with Crippen LogP contribution in [0.1, 0.15) is 39.4 Å². The van der Waals surface area contributed by atoms with E-state index in [1.54, 1.807) is 32.0 Å². The second-order valence-electron chi connectivity index (χ2n) is 4.96. The Hall–Kier alpha value is -2.19. The van der Waals surface area contributed by atoms with E-state index in [0.717, 1.165) is 11.3 Å². The summed E-state index contributed by atoms with van der Waals surface area (Å²) in [6, 6.07) is 7.78. The first kappa shape index (κ1) is 18.2. The summed E-state index contributed by atoms with van der Waals surface area (Å²) in [5.74, 6) is -0.905. The highest BCUT2D eigenvalue weighted by molar-refractivity contribution is 7.93. The number of nitrogens with one attached hydrogen (secondary N) is 1. The van der Waals surface area contributed by atoms with Gasteiger partial charge >= 0.3 is 5.97 Å². The van der Waals surface area contributed by atoms with Gasteiger partial charge in [-0.05, 0) is 38.5 Å². The van der Waals surface area contributed by atoms with E-state index in [2.05, 4.69) is 4.72 Å². The third-order valence-corrected chi connectivity index (χ3v) is 6.03. The third kappa shape index (κ3) is 3.65. The lowest BCUT2D eigenvalue weighted by Gasteiger charge is -2.09. The van der Waals surface area contributed by atoms with E-state index in [0.29, 0.717) is 10.4 Å². The summed E-state index contributed by atoms with van der Waals surface area (Å²) in [5.41, 5.74) is 0.489. The molecule has 1 N–H and O–H groups in total. The van der Waals surface area contributed by atoms with Crippen molar-refractivity contribution in [2.24, 2.45) is 0 Å². The highest BCUT2D eigenvalue weighted by Gasteiger charge is 2.27. The van der Waals surface area contributed by atoms with Crippen molar-refractivity contribution in [1.82, 2.24) is 0 Å². The lowest BCUT2D eigenvalue weighted by molar-refractivity contribution is 0.0527. The molecule has 8 heteroatoms. The number of benzene rings is 1. The summed E-state index contributed by atoms with van der Waals surface area (Å²) < 4.78 is 32.3. The summed E-state index contributed by atoms with van der Waals surface area (Å²) in [5, 5.41) is 0.0833. The van der Waals surface area contributed by atoms with E-state index in [9.17, 15) is 18.0 Å². The first-order chi connectivity index (χ1) is 11.3. The fourth-order valence-electron chi connectivity index (χ4n) is 2.15. The number of anilines is 1. The highest BCUT2D eigenvalue weighted by Crippen LogP contribution is 2.35. The van der Waals surface area contributed by atoms with Gasteiger partial charge in [-0.25, -0.2) is 13.2 Å². The summed E-state index contributed by atoms with van der Waals surface area (Å²) in [7, 11) is -3.87. The smallest absolute Gasteiger partial charge is 0.341 e. The molecule has 2 rings (SSSR count). The van der Waals surface area contributed by atoms with E-state index in [1.807, 2.05) is 0 Å². The summed E-state index contributed by atoms with van der Waals surface area (Å²) >= 11 is 0.929. The van der Waals surface area contributed by atoms with E-state index in [4.69, 9.17) is 4.74 Å². The molecule has 1 aromatic heterocycles. The fraction of sp³-hybridized carbons (Fsp3) is 0.250. The molecular formula is C16H17NO5S2. The number of ether oxygens (including phenoxy) is 1. The molecule has 0 saturated heterocycles. The van der Waals surface area contributed by atoms with Crippen LogP contribution in [-0.4, -0.2) is 26.8 Å². The first-order valence-corrected chi connectivity index (χ1v) is 9.47. The molecule has 0 radical (unpaired) electrons. The van der Waals surface area contributed by atoms with Crippen molar-refractivity contribution >= 4 is 38.1 Å². The number of hydrogen-bond donors (Lipinski definition) is 1. The molecule has 0 aliphatic rings. The van der Waals surface area contributed by atoms with Gasteiger partial charge in [0.15, 0.2) is 5.78 Å². The van der Waals surface area contributed by atoms with E-state index in [-0.39, 0.29) is 27.9 Å². The molecule has 0 saturated carbocycles. The van der Waals surface area contributed by atoms with Crippen LogP contribution in [0.15, 0.2) is 35.2 Å². The Labute approximate surface area is 144 Å². The van der Waals surface area contributed by atoms with Crippen molar-refractivity contribution in [2.75, 3.05) is 11.3 Å². The molecule has 0 spiro atoms. The van der Waals surface area contributed by atoms with Crippen LogP contribution in [0.2, 0.25) is 0 Å². The Morgan fingerprint density at radius 1 is 1.21 bits per heavy atom. The van der Waals surface area contributed by atoms with Gasteiger partial charge in [0.1, 0.15) is 5.00 Å². The van der Waals surface area contributed by atoms with Gasteiger partial charge in [-0.3, -0.25) is 9.52 Å². The van der Waals surface area contributed by atoms with Gasteiger partial charge in [-0.15, -0.1) is 11.3 Å². The van der Waals surface area contributed by atoms with Crippen molar-refractivity contribution in [3.05, 3.63) is 46.3 Å². The lowest BCUT2D eigenvalue weighted by atomic mass is 10.1. The van der Waals surface area contributed by atoms with E-state index >= 15 is 0 Å². The number of esters is 1. The van der Waals surface area contributed by atoms with Crippen molar-refractivity contribution in [1.29, 1.82) is 0 Å². The maximum atomic E-state index is 12.5. The minimum absolute atomic E-state index is 0.0650. The predicted octanol–water partition coefficient (Wildman–Crippen LogP) is 3.24. The largest absolute Gasteiger partial charge is 0.462 e. The maximum Gasteiger partial charge on any atom is 0.341 e. The molecular weight excluding hydrogens is 350 g/mol. The standard InChI is InChI=1S/C16H17NO5S2/c1-4-22-16(19)13-10(2)14(11(3)18)23-15(13)17-24(20,21)12-8-6-5-7-9-12/h5-9,17H,4H2,1-3H3. The van der Waals surface area contributed by atoms with Crippen molar-refractivity contribution < 1.29 is 22.7 Å². The first-order valence-electron chi connectivity index (χ1n) is 7.17. The van der Waals surface area contributed by atoms with Gasteiger partial charge in [0.2, 0.25) is 0 Å². The molecule has 0 unspecified atom stereocenters. The number of sulfonamides is 1. The molecule has 24 heavy (non-hydrogen) atoms. The third-order valence-electron chi connectivity index (χ3n) is 3.23. The quantitative estimate of drug-likeness (QED) is 0.625. The average molecular weight is 367 g/mol. The molecule has 1 heterocycles. The lowest BCUT2D eigenvalue weighted by Crippen LogP contribution is -2.15. The Morgan fingerprint density at radius 2 is 1.83 bits per heavy atom. The van der Waals surface area contributed by atoms with Crippen molar-refractivity contribution in [2.45, 2.75) is 25.7 Å². The Morgan fingerprint density at radius 3 is 2.38 bits per heavy atom. The Kier molecular flexibility index (Phi) is 5.40. The monoisotopic (exact) mass is 367 g/mol. The fourth-order valence-corrected chi connectivity index (χ4v) is 4.57. The maximum absolute atomic E-state index is 12.5. The minimum atomic E-state index is -3.87. The summed E-state index contributed by atoms with van der Waals surface area (Å²) in [6.45, 7) is 4.76. The molecule has 0 fully saturated rings. The molecule has 0 atom stereocenters. The zero-order valence-electron chi connectivity index (χ0n) is 13.5. The topological polar surface area (TPSA) is 89.5 Å². The molecule has 0 bridgehead atoms. The Balaban J connectivity index is 2.52. The van der Waals surface area contributed by atoms with Crippen LogP contribution in [0.5, 0.6) is 0 Å². The number of rotatable bonds is 6. The zero-order chi connectivity index (χ0) is 17.9. The summed E-state index contributed by atoms with van der Waals surface area (Å²) in [6.07, 6.45) is 0. The number of thiophene rings is 1. The van der Waals surface area contributed by atoms with Gasteiger partial charge in [0.05, 0.1) is 21.9 Å². The van der Waals surface area contributed by atoms with Gasteiger partial charge in [-0.2, -0.15) is 0 Å². The second kappa shape index (κ2) is 7.14. The van der Waals surface area contributed by atoms with Crippen LogP contribution in [0, 0.1) is 6.92 Å². The number of carbonyl (C=O) groups excluding carboxylic acids is 2. The zero-order valence-corrected chi connectivity index (χ0v) is 15.1. The summed E-state index contributed by atoms with van der Waals surface area (Å²) in [4.78, 5) is 24.3. The predicted molar refractivity (Wildman–Crippen MR) is 92.3 cm³/mol. The van der Waals surface area contributed by atoms with Crippen LogP contribution in [-0.2, 0) is 14.8 Å². The van der Waals surface area contributed by atoms with Gasteiger partial charge in [-0.1, -0.05) is 18.2 Å². The molecule has 2 aromatic rings. The number of Topliss-reactive ketones (excluding diaryl/α,β-unsaturated/α-hetero) is 1. The highest BCUT2D eigenvalue weighted by atomic mass is 32.2. The molecule has 0 aliphatic carbocycles. The van der Waals surface area contributed by atoms with Crippen LogP contribution in [0.4, 0.5) is 5.00 Å². The van der Waals surface area contributed by atoms with Crippen LogP contribution < -0.4 is 4.72 Å². The molecule has 6 nitrogen and oxygen atoms in total. The van der Waals surface area contributed by atoms with E-state index in [1.165, 1.54) is 19.1 Å². The SMILES string of the molecule is CCOC(=O)c1c(NS(=O)(=O)c2ccccc2)sc(C(C)=O)c1C.